The molecule has 0 atom stereocenters. The molecule has 1 aromatic carbocycles. The zero-order valence-corrected chi connectivity index (χ0v) is 17.3. The Morgan fingerprint density at radius 2 is 1.83 bits per heavy atom. The molecule has 0 bridgehead atoms. The summed E-state index contributed by atoms with van der Waals surface area (Å²) in [5.41, 5.74) is 1.28. The van der Waals surface area contributed by atoms with Gasteiger partial charge in [-0.3, -0.25) is 15.4 Å². The summed E-state index contributed by atoms with van der Waals surface area (Å²) < 4.78 is 12.2. The van der Waals surface area contributed by atoms with Gasteiger partial charge in [0.05, 0.1) is 25.3 Å². The largest absolute Gasteiger partial charge is 0.493 e. The van der Waals surface area contributed by atoms with Crippen molar-refractivity contribution < 1.29 is 18.5 Å². The van der Waals surface area contributed by atoms with Crippen LogP contribution in [-0.2, 0) is 0 Å². The average Bonchev–Trinajstić information content (AvgIpc) is 2.69. The highest BCUT2D eigenvalue weighted by Gasteiger charge is 2.14. The van der Waals surface area contributed by atoms with E-state index in [1.165, 1.54) is 11.7 Å². The summed E-state index contributed by atoms with van der Waals surface area (Å²) in [5, 5.41) is 25.2. The second-order valence-electron chi connectivity index (χ2n) is 6.35. The number of nitrogens with zero attached hydrogens (tertiary/aromatic N) is 2. The van der Waals surface area contributed by atoms with E-state index in [2.05, 4.69) is 20.9 Å². The van der Waals surface area contributed by atoms with Crippen LogP contribution >= 0.6 is 0 Å². The van der Waals surface area contributed by atoms with Crippen LogP contribution in [0.2, 0.25) is 0 Å². The Morgan fingerprint density at radius 1 is 1.17 bits per heavy atom. The number of urea groups is 1. The molecule has 2 aromatic rings. The molecule has 1 aromatic heterocycles. The summed E-state index contributed by atoms with van der Waals surface area (Å²) in [6.07, 6.45) is 1.58. The summed E-state index contributed by atoms with van der Waals surface area (Å²) in [6, 6.07) is 3.28. The van der Waals surface area contributed by atoms with Crippen molar-refractivity contribution in [2.45, 2.75) is 26.7 Å². The Balaban J connectivity index is 0. The molecule has 0 fully saturated rings. The van der Waals surface area contributed by atoms with Crippen molar-refractivity contribution in [2.24, 2.45) is 0 Å². The van der Waals surface area contributed by atoms with E-state index in [4.69, 9.17) is 20.3 Å². The van der Waals surface area contributed by atoms with Crippen molar-refractivity contribution in [3.63, 3.8) is 0 Å². The minimum Gasteiger partial charge on any atom is -0.493 e. The fraction of sp³-hybridized carbons (Fsp3) is 0.474. The molecule has 0 radical (unpaired) electrons. The molecule has 164 valence electrons. The van der Waals surface area contributed by atoms with Gasteiger partial charge in [0, 0.05) is 36.0 Å². The van der Waals surface area contributed by atoms with Crippen LogP contribution in [0.1, 0.15) is 31.0 Å². The molecular weight excluding hydrogens is 374 g/mol. The molecule has 1 heterocycles. The first kappa shape index (κ1) is 22.0. The predicted molar refractivity (Wildman–Crippen MR) is 119 cm³/mol. The van der Waals surface area contributed by atoms with Crippen molar-refractivity contribution in [1.82, 2.24) is 20.2 Å². The number of nitrogens with one attached hydrogen (secondary N) is 5. The highest BCUT2D eigenvalue weighted by Crippen LogP contribution is 2.31. The second-order valence-corrected chi connectivity index (χ2v) is 6.35. The molecule has 0 aliphatic carbocycles. The highest BCUT2D eigenvalue weighted by atomic mass is 16.5. The number of carbonyl (C=O) groups excluding carboxylic acids is 1. The van der Waals surface area contributed by atoms with Gasteiger partial charge < -0.3 is 25.4 Å². The number of unbranched alkanes of at least 4 members (excludes halogenated alkanes) is 1. The number of rotatable bonds is 9. The third kappa shape index (κ3) is 5.37. The topological polar surface area (TPSA) is 137 Å². The van der Waals surface area contributed by atoms with Gasteiger partial charge in [0.25, 0.3) is 0 Å². The SMILES string of the molecule is CCNC(=O)NCCCCNc1nc2cc(OC)c(OC)cc2n(C(C)=N)c1=N.[HH].[HH].[HH]. The van der Waals surface area contributed by atoms with Crippen LogP contribution in [0.5, 0.6) is 11.5 Å². The predicted octanol–water partition coefficient (Wildman–Crippen LogP) is 2.63. The van der Waals surface area contributed by atoms with Crippen LogP contribution in [0.25, 0.3) is 11.0 Å². The molecule has 0 aliphatic heterocycles. The van der Waals surface area contributed by atoms with Crippen molar-refractivity contribution >= 4 is 28.7 Å². The van der Waals surface area contributed by atoms with Gasteiger partial charge in [-0.25, -0.2) is 9.78 Å². The Labute approximate surface area is 174 Å². The molecular formula is C19H35N7O3. The van der Waals surface area contributed by atoms with Crippen molar-refractivity contribution in [3.05, 3.63) is 17.6 Å². The van der Waals surface area contributed by atoms with Gasteiger partial charge in [0.1, 0.15) is 5.84 Å². The number of anilines is 1. The van der Waals surface area contributed by atoms with Gasteiger partial charge in [0.15, 0.2) is 22.8 Å². The van der Waals surface area contributed by atoms with E-state index < -0.39 is 0 Å². The number of methoxy groups -OCH3 is 2. The maximum atomic E-state index is 11.4. The van der Waals surface area contributed by atoms with Crippen LogP contribution in [0.3, 0.4) is 0 Å². The van der Waals surface area contributed by atoms with E-state index >= 15 is 0 Å². The van der Waals surface area contributed by atoms with E-state index in [-0.39, 0.29) is 21.6 Å². The van der Waals surface area contributed by atoms with Crippen LogP contribution < -0.4 is 30.9 Å². The number of ether oxygens (including phenoxy) is 2. The molecule has 2 rings (SSSR count). The molecule has 10 heteroatoms. The zero-order valence-electron chi connectivity index (χ0n) is 17.3. The van der Waals surface area contributed by atoms with E-state index in [9.17, 15) is 4.79 Å². The number of fused-ring (bicyclic) bond motifs is 1. The molecule has 0 unspecified atom stereocenters. The summed E-state index contributed by atoms with van der Waals surface area (Å²) in [6.45, 7) is 5.24. The van der Waals surface area contributed by atoms with Crippen molar-refractivity contribution in [1.29, 1.82) is 10.8 Å². The number of benzene rings is 1. The monoisotopic (exact) mass is 409 g/mol. The van der Waals surface area contributed by atoms with Crippen LogP contribution in [0.15, 0.2) is 12.1 Å². The lowest BCUT2D eigenvalue weighted by atomic mass is 10.2. The first-order valence-corrected chi connectivity index (χ1v) is 9.47. The van der Waals surface area contributed by atoms with Gasteiger partial charge >= 0.3 is 6.03 Å². The van der Waals surface area contributed by atoms with Gasteiger partial charge in [0.2, 0.25) is 0 Å². The first-order valence-electron chi connectivity index (χ1n) is 9.47. The molecule has 10 nitrogen and oxygen atoms in total. The summed E-state index contributed by atoms with van der Waals surface area (Å²) in [4.78, 5) is 15.9. The number of hydrogen-bond acceptors (Lipinski definition) is 7. The Kier molecular flexibility index (Phi) is 7.81. The fourth-order valence-electron chi connectivity index (χ4n) is 2.88. The Hall–Kier alpha value is -3.30. The average molecular weight is 410 g/mol. The van der Waals surface area contributed by atoms with Gasteiger partial charge in [-0.2, -0.15) is 0 Å². The highest BCUT2D eigenvalue weighted by molar-refractivity contribution is 5.92. The maximum absolute atomic E-state index is 11.4. The smallest absolute Gasteiger partial charge is 0.314 e. The minimum atomic E-state index is -0.169. The lowest BCUT2D eigenvalue weighted by Crippen LogP contribution is -2.35. The third-order valence-electron chi connectivity index (χ3n) is 4.26. The molecule has 0 saturated carbocycles. The molecule has 0 saturated heterocycles. The summed E-state index contributed by atoms with van der Waals surface area (Å²) >= 11 is 0. The molecule has 29 heavy (non-hydrogen) atoms. The second kappa shape index (κ2) is 10.3. The number of carbonyl (C=O) groups is 1. The van der Waals surface area contributed by atoms with Crippen LogP contribution in [0.4, 0.5) is 10.6 Å². The van der Waals surface area contributed by atoms with Crippen molar-refractivity contribution in [3.8, 4) is 11.5 Å². The molecule has 0 aliphatic rings. The lowest BCUT2D eigenvalue weighted by molar-refractivity contribution is 0.241. The number of hydrogen-bond donors (Lipinski definition) is 5. The Morgan fingerprint density at radius 3 is 2.45 bits per heavy atom. The number of amides is 2. The van der Waals surface area contributed by atoms with Gasteiger partial charge in [-0.05, 0) is 26.7 Å². The zero-order chi connectivity index (χ0) is 21.4. The fourth-order valence-corrected chi connectivity index (χ4v) is 2.88. The summed E-state index contributed by atoms with van der Waals surface area (Å²) in [7, 11) is 3.09. The number of aromatic nitrogens is 2. The van der Waals surface area contributed by atoms with E-state index in [0.717, 1.165) is 12.8 Å². The molecule has 5 N–H and O–H groups in total. The van der Waals surface area contributed by atoms with Gasteiger partial charge in [-0.1, -0.05) is 0 Å². The van der Waals surface area contributed by atoms with E-state index in [1.54, 1.807) is 26.2 Å². The molecule has 0 spiro atoms. The van der Waals surface area contributed by atoms with E-state index in [1.807, 2.05) is 6.92 Å². The van der Waals surface area contributed by atoms with Gasteiger partial charge in [-0.15, -0.1) is 0 Å². The van der Waals surface area contributed by atoms with E-state index in [0.29, 0.717) is 48.0 Å². The lowest BCUT2D eigenvalue weighted by Gasteiger charge is -2.16. The van der Waals surface area contributed by atoms with Crippen LogP contribution in [-0.4, -0.2) is 55.3 Å². The molecule has 2 amide bonds. The van der Waals surface area contributed by atoms with Crippen molar-refractivity contribution in [2.75, 3.05) is 39.2 Å². The normalized spacial score (nSPS) is 10.5. The maximum Gasteiger partial charge on any atom is 0.314 e. The standard InChI is InChI=1S/C19H29N7O3.3H2/c1-5-22-19(27)24-9-7-6-8-23-18-17(21)26(12(2)20)14-11-16(29-4)15(28-3)10-13(14)25-18;;;/h10-11,20-21H,5-9H2,1-4H3,(H,23,25)(H2,22,24,27);3*1H. The third-order valence-corrected chi connectivity index (χ3v) is 4.26. The quantitative estimate of drug-likeness (QED) is 0.246. The minimum absolute atomic E-state index is 0. The first-order chi connectivity index (χ1) is 13.9. The van der Waals surface area contributed by atoms with Crippen LogP contribution in [0, 0.1) is 10.8 Å². The summed E-state index contributed by atoms with van der Waals surface area (Å²) in [5.74, 6) is 1.62. The Bertz CT molecular complexity index is 954.